The average molecular weight is 251 g/mol. The second kappa shape index (κ2) is 6.76. The van der Waals surface area contributed by atoms with Crippen molar-refractivity contribution in [2.24, 2.45) is 0 Å². The summed E-state index contributed by atoms with van der Waals surface area (Å²) < 4.78 is 5.35. The van der Waals surface area contributed by atoms with Crippen LogP contribution in [-0.2, 0) is 0 Å². The first-order chi connectivity index (χ1) is 8.56. The van der Waals surface area contributed by atoms with Crippen LogP contribution in [0.2, 0.25) is 0 Å². The van der Waals surface area contributed by atoms with E-state index in [0.29, 0.717) is 6.54 Å². The Morgan fingerprint density at radius 3 is 2.44 bits per heavy atom. The van der Waals surface area contributed by atoms with Gasteiger partial charge in [0.2, 0.25) is 0 Å². The van der Waals surface area contributed by atoms with Crippen LogP contribution in [0.25, 0.3) is 0 Å². The number of nitrogens with one attached hydrogen (secondary N) is 1. The fourth-order valence-corrected chi connectivity index (χ4v) is 1.98. The number of rotatable bonds is 7. The Labute approximate surface area is 110 Å². The lowest BCUT2D eigenvalue weighted by Crippen LogP contribution is -2.40. The molecule has 0 saturated heterocycles. The number of aliphatic hydroxyl groups is 1. The standard InChI is InChI=1S/C15H25NO2/c1-5-15(17,6-2)11-16-12(3)13-9-7-8-10-14(13)18-4/h7-10,12,16-17H,5-6,11H2,1-4H3. The molecule has 0 amide bonds. The third-order valence-electron chi connectivity index (χ3n) is 3.66. The Hall–Kier alpha value is -1.06. The average Bonchev–Trinajstić information content (AvgIpc) is 2.44. The highest BCUT2D eigenvalue weighted by atomic mass is 16.5. The molecule has 0 bridgehead atoms. The number of methoxy groups -OCH3 is 1. The first-order valence-electron chi connectivity index (χ1n) is 6.65. The zero-order valence-corrected chi connectivity index (χ0v) is 11.9. The zero-order valence-electron chi connectivity index (χ0n) is 11.9. The number of para-hydroxylation sites is 1. The fraction of sp³-hybridized carbons (Fsp3) is 0.600. The van der Waals surface area contributed by atoms with Crippen molar-refractivity contribution in [2.75, 3.05) is 13.7 Å². The lowest BCUT2D eigenvalue weighted by molar-refractivity contribution is 0.0302. The summed E-state index contributed by atoms with van der Waals surface area (Å²) in [5.41, 5.74) is 0.505. The van der Waals surface area contributed by atoms with Gasteiger partial charge in [0.05, 0.1) is 12.7 Å². The molecule has 0 aromatic heterocycles. The van der Waals surface area contributed by atoms with Gasteiger partial charge in [-0.1, -0.05) is 32.0 Å². The van der Waals surface area contributed by atoms with Crippen molar-refractivity contribution in [1.29, 1.82) is 0 Å². The predicted molar refractivity (Wildman–Crippen MR) is 74.9 cm³/mol. The number of benzene rings is 1. The van der Waals surface area contributed by atoms with E-state index >= 15 is 0 Å². The van der Waals surface area contributed by atoms with Crippen LogP contribution in [0.5, 0.6) is 5.75 Å². The van der Waals surface area contributed by atoms with Gasteiger partial charge in [-0.3, -0.25) is 0 Å². The van der Waals surface area contributed by atoms with E-state index in [9.17, 15) is 5.11 Å². The van der Waals surface area contributed by atoms with Crippen LogP contribution < -0.4 is 10.1 Å². The Morgan fingerprint density at radius 2 is 1.89 bits per heavy atom. The fourth-order valence-electron chi connectivity index (χ4n) is 1.98. The molecule has 0 heterocycles. The van der Waals surface area contributed by atoms with Crippen molar-refractivity contribution in [2.45, 2.75) is 45.3 Å². The topological polar surface area (TPSA) is 41.5 Å². The van der Waals surface area contributed by atoms with Gasteiger partial charge in [0, 0.05) is 18.2 Å². The zero-order chi connectivity index (χ0) is 13.6. The van der Waals surface area contributed by atoms with Crippen LogP contribution in [0, 0.1) is 0 Å². The van der Waals surface area contributed by atoms with Crippen LogP contribution in [0.15, 0.2) is 24.3 Å². The highest BCUT2D eigenvalue weighted by molar-refractivity contribution is 5.35. The SMILES string of the molecule is CCC(O)(CC)CNC(C)c1ccccc1OC. The van der Waals surface area contributed by atoms with E-state index in [-0.39, 0.29) is 6.04 Å². The molecule has 1 rings (SSSR count). The first-order valence-corrected chi connectivity index (χ1v) is 6.65. The van der Waals surface area contributed by atoms with Crippen molar-refractivity contribution >= 4 is 0 Å². The summed E-state index contributed by atoms with van der Waals surface area (Å²) in [6.07, 6.45) is 1.52. The van der Waals surface area contributed by atoms with Gasteiger partial charge in [0.25, 0.3) is 0 Å². The molecule has 0 spiro atoms. The van der Waals surface area contributed by atoms with Crippen molar-refractivity contribution in [3.05, 3.63) is 29.8 Å². The summed E-state index contributed by atoms with van der Waals surface area (Å²) in [4.78, 5) is 0. The van der Waals surface area contributed by atoms with Gasteiger partial charge in [-0.05, 0) is 25.8 Å². The number of hydrogen-bond donors (Lipinski definition) is 2. The Bertz CT molecular complexity index is 361. The monoisotopic (exact) mass is 251 g/mol. The molecule has 0 saturated carbocycles. The quantitative estimate of drug-likeness (QED) is 0.783. The molecule has 3 heteroatoms. The largest absolute Gasteiger partial charge is 0.496 e. The molecule has 1 unspecified atom stereocenters. The molecule has 2 N–H and O–H groups in total. The summed E-state index contributed by atoms with van der Waals surface area (Å²) in [7, 11) is 1.68. The molecule has 102 valence electrons. The van der Waals surface area contributed by atoms with E-state index < -0.39 is 5.60 Å². The third-order valence-corrected chi connectivity index (χ3v) is 3.66. The van der Waals surface area contributed by atoms with Crippen LogP contribution in [0.4, 0.5) is 0 Å². The summed E-state index contributed by atoms with van der Waals surface area (Å²) in [5.74, 6) is 0.883. The maximum atomic E-state index is 10.3. The number of ether oxygens (including phenoxy) is 1. The maximum absolute atomic E-state index is 10.3. The first kappa shape index (κ1) is 15.0. The molecular formula is C15H25NO2. The highest BCUT2D eigenvalue weighted by Gasteiger charge is 2.23. The molecule has 0 fully saturated rings. The molecule has 0 aliphatic carbocycles. The van der Waals surface area contributed by atoms with Crippen molar-refractivity contribution in [3.63, 3.8) is 0 Å². The van der Waals surface area contributed by atoms with Crippen LogP contribution >= 0.6 is 0 Å². The lowest BCUT2D eigenvalue weighted by atomic mass is 9.96. The van der Waals surface area contributed by atoms with Gasteiger partial charge in [-0.2, -0.15) is 0 Å². The molecular weight excluding hydrogens is 226 g/mol. The van der Waals surface area contributed by atoms with Gasteiger partial charge in [0.1, 0.15) is 5.75 Å². The normalized spacial score (nSPS) is 13.4. The van der Waals surface area contributed by atoms with E-state index in [2.05, 4.69) is 12.2 Å². The van der Waals surface area contributed by atoms with Gasteiger partial charge in [-0.25, -0.2) is 0 Å². The summed E-state index contributed by atoms with van der Waals surface area (Å²) >= 11 is 0. The Kier molecular flexibility index (Phi) is 5.63. The van der Waals surface area contributed by atoms with E-state index in [1.54, 1.807) is 7.11 Å². The second-order valence-corrected chi connectivity index (χ2v) is 4.78. The van der Waals surface area contributed by atoms with Crippen molar-refractivity contribution in [3.8, 4) is 5.75 Å². The molecule has 0 aliphatic rings. The van der Waals surface area contributed by atoms with E-state index in [1.165, 1.54) is 0 Å². The van der Waals surface area contributed by atoms with Gasteiger partial charge >= 0.3 is 0 Å². The summed E-state index contributed by atoms with van der Waals surface area (Å²) in [6.45, 7) is 6.71. The van der Waals surface area contributed by atoms with Gasteiger partial charge < -0.3 is 15.2 Å². The third kappa shape index (κ3) is 3.72. The van der Waals surface area contributed by atoms with Gasteiger partial charge in [0.15, 0.2) is 0 Å². The van der Waals surface area contributed by atoms with Crippen LogP contribution in [0.3, 0.4) is 0 Å². The van der Waals surface area contributed by atoms with Gasteiger partial charge in [-0.15, -0.1) is 0 Å². The summed E-state index contributed by atoms with van der Waals surface area (Å²) in [5, 5.41) is 13.6. The molecule has 0 aliphatic heterocycles. The van der Waals surface area contributed by atoms with Crippen LogP contribution in [0.1, 0.15) is 45.2 Å². The maximum Gasteiger partial charge on any atom is 0.123 e. The molecule has 1 aromatic rings. The Balaban J connectivity index is 2.68. The van der Waals surface area contributed by atoms with E-state index in [0.717, 1.165) is 24.2 Å². The summed E-state index contributed by atoms with van der Waals surface area (Å²) in [6, 6.07) is 8.13. The lowest BCUT2D eigenvalue weighted by Gasteiger charge is -2.28. The number of hydrogen-bond acceptors (Lipinski definition) is 3. The second-order valence-electron chi connectivity index (χ2n) is 4.78. The predicted octanol–water partition coefficient (Wildman–Crippen LogP) is 2.90. The Morgan fingerprint density at radius 1 is 1.28 bits per heavy atom. The smallest absolute Gasteiger partial charge is 0.123 e. The highest BCUT2D eigenvalue weighted by Crippen LogP contribution is 2.25. The van der Waals surface area contributed by atoms with Crippen molar-refractivity contribution < 1.29 is 9.84 Å². The minimum Gasteiger partial charge on any atom is -0.496 e. The van der Waals surface area contributed by atoms with E-state index in [1.807, 2.05) is 38.1 Å². The molecule has 1 aromatic carbocycles. The molecule has 18 heavy (non-hydrogen) atoms. The van der Waals surface area contributed by atoms with E-state index in [4.69, 9.17) is 4.74 Å². The van der Waals surface area contributed by atoms with Crippen molar-refractivity contribution in [1.82, 2.24) is 5.32 Å². The molecule has 1 atom stereocenters. The molecule has 0 radical (unpaired) electrons. The minimum absolute atomic E-state index is 0.158. The van der Waals surface area contributed by atoms with Crippen LogP contribution in [-0.4, -0.2) is 24.4 Å². The molecule has 3 nitrogen and oxygen atoms in total. The minimum atomic E-state index is -0.615.